The summed E-state index contributed by atoms with van der Waals surface area (Å²) in [6.45, 7) is 1.91. The van der Waals surface area contributed by atoms with Crippen molar-refractivity contribution in [3.05, 3.63) is 61.5 Å². The van der Waals surface area contributed by atoms with Crippen LogP contribution < -0.4 is 4.74 Å². The van der Waals surface area contributed by atoms with Gasteiger partial charge in [0.2, 0.25) is 0 Å². The zero-order valence-corrected chi connectivity index (χ0v) is 14.1. The third-order valence-electron chi connectivity index (χ3n) is 3.05. The largest absolute Gasteiger partial charge is 0.495 e. The van der Waals surface area contributed by atoms with E-state index in [0.29, 0.717) is 31.4 Å². The van der Waals surface area contributed by atoms with Gasteiger partial charge in [0.1, 0.15) is 11.9 Å². The van der Waals surface area contributed by atoms with Gasteiger partial charge in [-0.15, -0.1) is 0 Å². The number of hydrogen-bond acceptors (Lipinski definition) is 2. The number of halogens is 3. The first-order valence-corrected chi connectivity index (χ1v) is 7.46. The van der Waals surface area contributed by atoms with Crippen LogP contribution in [0.15, 0.2) is 34.8 Å². The van der Waals surface area contributed by atoms with Crippen LogP contribution in [0.3, 0.4) is 0 Å². The van der Waals surface area contributed by atoms with Crippen molar-refractivity contribution in [1.29, 1.82) is 0 Å². The molecular weight excluding hydrogens is 363 g/mol. The molecule has 0 aliphatic rings. The Hall–Kier alpha value is -0.740. The molecule has 5 heteroatoms. The van der Waals surface area contributed by atoms with Crippen LogP contribution in [0, 0.1) is 6.92 Å². The smallest absolute Gasteiger partial charge is 0.139 e. The molecule has 2 nitrogen and oxygen atoms in total. The number of benzene rings is 2. The minimum absolute atomic E-state index is 0.518. The van der Waals surface area contributed by atoms with Crippen LogP contribution >= 0.6 is 39.1 Å². The van der Waals surface area contributed by atoms with Crippen molar-refractivity contribution in [2.24, 2.45) is 0 Å². The van der Waals surface area contributed by atoms with E-state index in [-0.39, 0.29) is 0 Å². The standard InChI is InChI=1S/C15H13BrCl2O2/c1-8-3-4-9(5-13(8)18)14(19)11-6-10(17)7-12(16)15(11)20-2/h3-7,14,19H,1-2H3. The van der Waals surface area contributed by atoms with Gasteiger partial charge in [-0.2, -0.15) is 0 Å². The Morgan fingerprint density at radius 1 is 1.20 bits per heavy atom. The highest BCUT2D eigenvalue weighted by Gasteiger charge is 2.19. The molecule has 0 spiro atoms. The average Bonchev–Trinajstić information content (AvgIpc) is 2.40. The molecule has 0 aliphatic carbocycles. The van der Waals surface area contributed by atoms with Crippen molar-refractivity contribution in [2.75, 3.05) is 7.11 Å². The molecule has 2 aromatic carbocycles. The van der Waals surface area contributed by atoms with Gasteiger partial charge in [-0.1, -0.05) is 35.3 Å². The number of ether oxygens (including phenoxy) is 1. The van der Waals surface area contributed by atoms with E-state index >= 15 is 0 Å². The topological polar surface area (TPSA) is 29.5 Å². The van der Waals surface area contributed by atoms with E-state index in [4.69, 9.17) is 27.9 Å². The van der Waals surface area contributed by atoms with Crippen molar-refractivity contribution in [2.45, 2.75) is 13.0 Å². The molecule has 20 heavy (non-hydrogen) atoms. The first-order valence-electron chi connectivity index (χ1n) is 5.91. The number of aliphatic hydroxyl groups is 1. The van der Waals surface area contributed by atoms with E-state index in [2.05, 4.69) is 15.9 Å². The van der Waals surface area contributed by atoms with E-state index in [9.17, 15) is 5.11 Å². The third-order valence-corrected chi connectivity index (χ3v) is 4.26. The second-order valence-electron chi connectivity index (χ2n) is 4.42. The Kier molecular flexibility index (Phi) is 4.97. The lowest BCUT2D eigenvalue weighted by molar-refractivity contribution is 0.214. The summed E-state index contributed by atoms with van der Waals surface area (Å²) in [5.41, 5.74) is 2.24. The Bertz CT molecular complexity index is 644. The van der Waals surface area contributed by atoms with Crippen molar-refractivity contribution in [3.63, 3.8) is 0 Å². The molecule has 0 saturated heterocycles. The van der Waals surface area contributed by atoms with Crippen molar-refractivity contribution in [3.8, 4) is 5.75 Å². The Balaban J connectivity index is 2.52. The summed E-state index contributed by atoms with van der Waals surface area (Å²) in [5, 5.41) is 11.7. The lowest BCUT2D eigenvalue weighted by atomic mass is 9.99. The Labute approximate surface area is 136 Å². The maximum absolute atomic E-state index is 10.5. The van der Waals surface area contributed by atoms with Crippen molar-refractivity contribution in [1.82, 2.24) is 0 Å². The fourth-order valence-electron chi connectivity index (χ4n) is 1.96. The summed E-state index contributed by atoms with van der Waals surface area (Å²) in [6, 6.07) is 8.85. The number of methoxy groups -OCH3 is 1. The number of aliphatic hydroxyl groups excluding tert-OH is 1. The molecule has 1 unspecified atom stereocenters. The molecule has 0 aromatic heterocycles. The molecule has 2 aromatic rings. The van der Waals surface area contributed by atoms with E-state index in [0.717, 1.165) is 5.56 Å². The van der Waals surface area contributed by atoms with Gasteiger partial charge < -0.3 is 9.84 Å². The lowest BCUT2D eigenvalue weighted by Gasteiger charge is -2.17. The van der Waals surface area contributed by atoms with Gasteiger partial charge in [-0.25, -0.2) is 0 Å². The minimum atomic E-state index is -0.863. The highest BCUT2D eigenvalue weighted by molar-refractivity contribution is 9.10. The van der Waals surface area contributed by atoms with E-state index in [1.165, 1.54) is 0 Å². The minimum Gasteiger partial charge on any atom is -0.495 e. The number of rotatable bonds is 3. The number of hydrogen-bond donors (Lipinski definition) is 1. The summed E-state index contributed by atoms with van der Waals surface area (Å²) in [5.74, 6) is 0.554. The van der Waals surface area contributed by atoms with Gasteiger partial charge in [0, 0.05) is 15.6 Å². The monoisotopic (exact) mass is 374 g/mol. The maximum atomic E-state index is 10.5. The molecule has 2 rings (SSSR count). The van der Waals surface area contributed by atoms with Crippen LogP contribution in [0.4, 0.5) is 0 Å². The summed E-state index contributed by atoms with van der Waals surface area (Å²) in [4.78, 5) is 0. The first-order chi connectivity index (χ1) is 9.43. The molecule has 0 bridgehead atoms. The van der Waals surface area contributed by atoms with Crippen LogP contribution in [-0.2, 0) is 0 Å². The molecule has 0 radical (unpaired) electrons. The van der Waals surface area contributed by atoms with Crippen molar-refractivity contribution >= 4 is 39.1 Å². The molecule has 106 valence electrons. The van der Waals surface area contributed by atoms with E-state index in [1.54, 1.807) is 25.3 Å². The van der Waals surface area contributed by atoms with E-state index in [1.807, 2.05) is 19.1 Å². The highest BCUT2D eigenvalue weighted by atomic mass is 79.9. The molecule has 0 heterocycles. The summed E-state index contributed by atoms with van der Waals surface area (Å²) in [6.07, 6.45) is -0.863. The lowest BCUT2D eigenvalue weighted by Crippen LogP contribution is -2.03. The average molecular weight is 376 g/mol. The zero-order valence-electron chi connectivity index (χ0n) is 11.0. The normalized spacial score (nSPS) is 12.3. The molecule has 0 fully saturated rings. The van der Waals surface area contributed by atoms with Gasteiger partial charge in [0.15, 0.2) is 0 Å². The fourth-order valence-corrected chi connectivity index (χ4v) is 3.14. The number of aryl methyl sites for hydroxylation is 1. The third kappa shape index (κ3) is 3.12. The second kappa shape index (κ2) is 6.35. The van der Waals surface area contributed by atoms with Crippen LogP contribution in [-0.4, -0.2) is 12.2 Å². The molecule has 1 atom stereocenters. The molecule has 0 amide bonds. The predicted molar refractivity (Wildman–Crippen MR) is 86.0 cm³/mol. The maximum Gasteiger partial charge on any atom is 0.139 e. The molecule has 1 N–H and O–H groups in total. The van der Waals surface area contributed by atoms with Gasteiger partial charge in [-0.05, 0) is 52.2 Å². The van der Waals surface area contributed by atoms with Gasteiger partial charge >= 0.3 is 0 Å². The van der Waals surface area contributed by atoms with Crippen LogP contribution in [0.5, 0.6) is 5.75 Å². The first kappa shape index (κ1) is 15.6. The molecule has 0 aliphatic heterocycles. The SMILES string of the molecule is COc1c(Br)cc(Cl)cc1C(O)c1ccc(C)c(Cl)c1. The molecule has 0 saturated carbocycles. The highest BCUT2D eigenvalue weighted by Crippen LogP contribution is 2.38. The Morgan fingerprint density at radius 3 is 2.50 bits per heavy atom. The predicted octanol–water partition coefficient (Wildman–Crippen LogP) is 5.15. The van der Waals surface area contributed by atoms with Gasteiger partial charge in [0.25, 0.3) is 0 Å². The van der Waals surface area contributed by atoms with Crippen molar-refractivity contribution < 1.29 is 9.84 Å². The fraction of sp³-hybridized carbons (Fsp3) is 0.200. The Morgan fingerprint density at radius 2 is 1.90 bits per heavy atom. The summed E-state index contributed by atoms with van der Waals surface area (Å²) in [7, 11) is 1.55. The summed E-state index contributed by atoms with van der Waals surface area (Å²) < 4.78 is 6.02. The quantitative estimate of drug-likeness (QED) is 0.803. The summed E-state index contributed by atoms with van der Waals surface area (Å²) >= 11 is 15.5. The zero-order chi connectivity index (χ0) is 14.9. The van der Waals surface area contributed by atoms with Gasteiger partial charge in [0.05, 0.1) is 11.6 Å². The van der Waals surface area contributed by atoms with Crippen LogP contribution in [0.25, 0.3) is 0 Å². The molecular formula is C15H13BrCl2O2. The van der Waals surface area contributed by atoms with E-state index < -0.39 is 6.10 Å². The van der Waals surface area contributed by atoms with Crippen LogP contribution in [0.1, 0.15) is 22.8 Å². The van der Waals surface area contributed by atoms with Crippen LogP contribution in [0.2, 0.25) is 10.0 Å². The van der Waals surface area contributed by atoms with Gasteiger partial charge in [-0.3, -0.25) is 0 Å². The second-order valence-corrected chi connectivity index (χ2v) is 6.12.